The van der Waals surface area contributed by atoms with E-state index >= 15 is 0 Å². The van der Waals surface area contributed by atoms with E-state index in [1.807, 2.05) is 166 Å². The molecule has 0 aromatic heterocycles. The van der Waals surface area contributed by atoms with Gasteiger partial charge in [-0.15, -0.1) is 6.58 Å². The minimum atomic E-state index is -0.958. The fourth-order valence-corrected chi connectivity index (χ4v) is 7.50. The second kappa shape index (κ2) is 22.2. The van der Waals surface area contributed by atoms with Crippen molar-refractivity contribution in [2.75, 3.05) is 6.61 Å². The highest BCUT2D eigenvalue weighted by molar-refractivity contribution is 5.17. The monoisotopic (exact) mass is 800 g/mol. The highest BCUT2D eigenvalue weighted by Crippen LogP contribution is 2.36. The fourth-order valence-electron chi connectivity index (χ4n) is 7.50. The molecule has 9 nitrogen and oxygen atoms in total. The van der Waals surface area contributed by atoms with Crippen molar-refractivity contribution in [3.8, 4) is 0 Å². The van der Waals surface area contributed by atoms with E-state index in [0.717, 1.165) is 27.8 Å². The molecule has 59 heavy (non-hydrogen) atoms. The van der Waals surface area contributed by atoms with E-state index in [1.165, 1.54) is 0 Å². The number of hydrogen-bond donors (Lipinski definition) is 0. The van der Waals surface area contributed by atoms with Crippen LogP contribution < -0.4 is 0 Å². The van der Waals surface area contributed by atoms with E-state index in [4.69, 9.17) is 42.6 Å². The van der Waals surface area contributed by atoms with Gasteiger partial charge in [0.15, 0.2) is 12.6 Å². The Bertz CT molecular complexity index is 1920. The maximum atomic E-state index is 7.17. The normalized spacial score (nSPS) is 26.9. The first-order valence-electron chi connectivity index (χ1n) is 20.5. The van der Waals surface area contributed by atoms with Crippen LogP contribution in [0.4, 0.5) is 0 Å². The summed E-state index contributed by atoms with van der Waals surface area (Å²) in [7, 11) is 0. The minimum absolute atomic E-state index is 0.228. The lowest BCUT2D eigenvalue weighted by Crippen LogP contribution is -2.65. The molecule has 0 unspecified atom stereocenters. The predicted octanol–water partition coefficient (Wildman–Crippen LogP) is 8.99. The molecule has 0 radical (unpaired) electrons. The van der Waals surface area contributed by atoms with Crippen molar-refractivity contribution in [3.63, 3.8) is 0 Å². The maximum absolute atomic E-state index is 7.17. The molecule has 5 aromatic carbocycles. The molecule has 0 spiro atoms. The number of hydrogen-bond acceptors (Lipinski definition) is 9. The Balaban J connectivity index is 1.23. The van der Waals surface area contributed by atoms with Gasteiger partial charge in [-0.2, -0.15) is 0 Å². The lowest BCUT2D eigenvalue weighted by atomic mass is 9.96. The van der Waals surface area contributed by atoms with E-state index in [2.05, 4.69) is 6.58 Å². The van der Waals surface area contributed by atoms with Gasteiger partial charge >= 0.3 is 0 Å². The fraction of sp³-hybridized carbons (Fsp3) is 0.360. The standard InChI is InChI=1S/C50H56O9/c1-4-30-51-49-48(46(55-34-41-26-16-8-17-27-41)44(36(2)57-49)53-32-39-22-12-6-13-23-39)59-50-47(56-35-42-28-18-9-19-29-42)45(54-33-40-24-14-7-15-25-40)43(37(3)58-50)52-31-38-20-10-5-11-21-38/h4-29,36-37,43-50H,1,30-35H2,2-3H3/t36-,37-,43-,44-,45+,46+,47+,48+,49+,50-/m0/s1. The Kier molecular flexibility index (Phi) is 16.0. The summed E-state index contributed by atoms with van der Waals surface area (Å²) in [6.07, 6.45) is -4.90. The molecule has 0 bridgehead atoms. The molecule has 2 fully saturated rings. The summed E-state index contributed by atoms with van der Waals surface area (Å²) in [6, 6.07) is 50.3. The van der Waals surface area contributed by atoms with Gasteiger partial charge in [-0.3, -0.25) is 0 Å². The van der Waals surface area contributed by atoms with Gasteiger partial charge < -0.3 is 42.6 Å². The molecular formula is C50H56O9. The molecule has 0 aliphatic carbocycles. The average Bonchev–Trinajstić information content (AvgIpc) is 3.28. The SMILES string of the molecule is C=CCO[C@@H]1O[C@@H](C)[C@H](OCc2ccccc2)[C@@H](OCc2ccccc2)[C@H]1O[C@@H]1O[C@@H](C)[C@H](OCc2ccccc2)[C@@H](OCc2ccccc2)[C@H]1OCc1ccccc1. The molecule has 0 amide bonds. The van der Waals surface area contributed by atoms with Crippen LogP contribution in [-0.2, 0) is 75.7 Å². The van der Waals surface area contributed by atoms with Crippen molar-refractivity contribution >= 4 is 0 Å². The van der Waals surface area contributed by atoms with Crippen molar-refractivity contribution < 1.29 is 42.6 Å². The molecule has 2 aliphatic heterocycles. The van der Waals surface area contributed by atoms with Crippen LogP contribution in [0, 0.1) is 0 Å². The Labute approximate surface area is 348 Å². The second-order valence-corrected chi connectivity index (χ2v) is 14.9. The quantitative estimate of drug-likeness (QED) is 0.0717. The van der Waals surface area contributed by atoms with E-state index in [0.29, 0.717) is 26.4 Å². The van der Waals surface area contributed by atoms with Gasteiger partial charge in [0.1, 0.15) is 36.6 Å². The third kappa shape index (κ3) is 12.0. The van der Waals surface area contributed by atoms with Gasteiger partial charge in [-0.05, 0) is 41.7 Å². The zero-order valence-corrected chi connectivity index (χ0v) is 33.9. The Morgan fingerprint density at radius 1 is 0.390 bits per heavy atom. The Morgan fingerprint density at radius 2 is 0.695 bits per heavy atom. The molecule has 9 heteroatoms. The summed E-state index contributed by atoms with van der Waals surface area (Å²) in [5.74, 6) is 0. The summed E-state index contributed by atoms with van der Waals surface area (Å²) in [4.78, 5) is 0. The average molecular weight is 801 g/mol. The number of benzene rings is 5. The van der Waals surface area contributed by atoms with Crippen LogP contribution in [0.3, 0.4) is 0 Å². The largest absolute Gasteiger partial charge is 0.368 e. The summed E-state index contributed by atoms with van der Waals surface area (Å²) in [5.41, 5.74) is 5.09. The second-order valence-electron chi connectivity index (χ2n) is 14.9. The van der Waals surface area contributed by atoms with Gasteiger partial charge in [0, 0.05) is 0 Å². The molecule has 7 rings (SSSR count). The van der Waals surface area contributed by atoms with Crippen molar-refractivity contribution in [1.29, 1.82) is 0 Å². The van der Waals surface area contributed by atoms with Gasteiger partial charge in [-0.1, -0.05) is 158 Å². The molecule has 2 saturated heterocycles. The smallest absolute Gasteiger partial charge is 0.187 e. The molecule has 0 saturated carbocycles. The van der Waals surface area contributed by atoms with Crippen LogP contribution in [0.2, 0.25) is 0 Å². The predicted molar refractivity (Wildman–Crippen MR) is 225 cm³/mol. The summed E-state index contributed by atoms with van der Waals surface area (Å²) in [5, 5.41) is 0. The molecule has 0 N–H and O–H groups in total. The van der Waals surface area contributed by atoms with Crippen LogP contribution in [0.5, 0.6) is 0 Å². The first-order valence-corrected chi connectivity index (χ1v) is 20.5. The van der Waals surface area contributed by atoms with E-state index in [9.17, 15) is 0 Å². The third-order valence-electron chi connectivity index (χ3n) is 10.6. The van der Waals surface area contributed by atoms with E-state index in [-0.39, 0.29) is 13.2 Å². The van der Waals surface area contributed by atoms with Gasteiger partial charge in [0.2, 0.25) is 0 Å². The molecule has 310 valence electrons. The third-order valence-corrected chi connectivity index (χ3v) is 10.6. The van der Waals surface area contributed by atoms with Crippen molar-refractivity contribution in [2.45, 2.75) is 108 Å². The number of ether oxygens (including phenoxy) is 9. The van der Waals surface area contributed by atoms with Crippen LogP contribution >= 0.6 is 0 Å². The molecule has 10 atom stereocenters. The van der Waals surface area contributed by atoms with Crippen molar-refractivity contribution in [1.82, 2.24) is 0 Å². The van der Waals surface area contributed by atoms with Crippen LogP contribution in [0.1, 0.15) is 41.7 Å². The van der Waals surface area contributed by atoms with Crippen LogP contribution in [0.15, 0.2) is 164 Å². The van der Waals surface area contributed by atoms with E-state index < -0.39 is 61.4 Å². The van der Waals surface area contributed by atoms with Crippen molar-refractivity contribution in [2.24, 2.45) is 0 Å². The zero-order chi connectivity index (χ0) is 40.7. The first-order chi connectivity index (χ1) is 29.1. The van der Waals surface area contributed by atoms with Gasteiger partial charge in [0.05, 0.1) is 51.8 Å². The zero-order valence-electron chi connectivity index (χ0n) is 33.9. The Morgan fingerprint density at radius 3 is 1.05 bits per heavy atom. The molecule has 2 heterocycles. The highest BCUT2D eigenvalue weighted by atomic mass is 16.8. The topological polar surface area (TPSA) is 83.1 Å². The number of rotatable bonds is 20. The molecule has 2 aliphatic rings. The van der Waals surface area contributed by atoms with Gasteiger partial charge in [-0.25, -0.2) is 0 Å². The maximum Gasteiger partial charge on any atom is 0.187 e. The Hall–Kier alpha value is -4.52. The summed E-state index contributed by atoms with van der Waals surface area (Å²) < 4.78 is 60.9. The van der Waals surface area contributed by atoms with Gasteiger partial charge in [0.25, 0.3) is 0 Å². The summed E-state index contributed by atoms with van der Waals surface area (Å²) in [6.45, 7) is 9.73. The van der Waals surface area contributed by atoms with E-state index in [1.54, 1.807) is 6.08 Å². The lowest BCUT2D eigenvalue weighted by Gasteiger charge is -2.49. The molecular weight excluding hydrogens is 745 g/mol. The first kappa shape index (κ1) is 42.6. The minimum Gasteiger partial charge on any atom is -0.368 e. The summed E-state index contributed by atoms with van der Waals surface area (Å²) >= 11 is 0. The van der Waals surface area contributed by atoms with Crippen LogP contribution in [0.25, 0.3) is 0 Å². The van der Waals surface area contributed by atoms with Crippen LogP contribution in [-0.4, -0.2) is 68.0 Å². The highest BCUT2D eigenvalue weighted by Gasteiger charge is 2.53. The van der Waals surface area contributed by atoms with Crippen molar-refractivity contribution in [3.05, 3.63) is 192 Å². The molecule has 5 aromatic rings. The lowest BCUT2D eigenvalue weighted by molar-refractivity contribution is -0.376.